The quantitative estimate of drug-likeness (QED) is 0.597. The Kier molecular flexibility index (Phi) is 5.58. The minimum Gasteiger partial charge on any atom is -0.382 e. The molecule has 1 aliphatic rings. The van der Waals surface area contributed by atoms with Crippen LogP contribution in [0.1, 0.15) is 13.8 Å². The Hall–Kier alpha value is -0.973. The number of rotatable bonds is 6. The molecule has 0 aromatic heterocycles. The van der Waals surface area contributed by atoms with Gasteiger partial charge in [-0.05, 0) is 11.5 Å². The standard InChI is InChI=1S/C18H28O3Si/c1-13(2)17-15(11-19)18(16(21-17)12-20-3)22(4,5)14-9-7-6-8-10-14/h6-11,13,15-18H,12H2,1-5H3/t15-,16-,17+,18+/m1/s1. The van der Waals surface area contributed by atoms with E-state index in [1.807, 2.05) is 6.07 Å². The van der Waals surface area contributed by atoms with Crippen molar-refractivity contribution < 1.29 is 14.3 Å². The van der Waals surface area contributed by atoms with Gasteiger partial charge in [0.25, 0.3) is 0 Å². The van der Waals surface area contributed by atoms with Gasteiger partial charge >= 0.3 is 0 Å². The largest absolute Gasteiger partial charge is 0.382 e. The van der Waals surface area contributed by atoms with Crippen molar-refractivity contribution in [3.8, 4) is 0 Å². The van der Waals surface area contributed by atoms with Crippen LogP contribution in [-0.4, -0.2) is 40.3 Å². The monoisotopic (exact) mass is 320 g/mol. The summed E-state index contributed by atoms with van der Waals surface area (Å²) in [4.78, 5) is 11.9. The molecule has 2 rings (SSSR count). The molecule has 1 saturated heterocycles. The number of benzene rings is 1. The summed E-state index contributed by atoms with van der Waals surface area (Å²) in [5.41, 5.74) is 0.250. The zero-order chi connectivity index (χ0) is 16.3. The van der Waals surface area contributed by atoms with Crippen molar-refractivity contribution in [3.05, 3.63) is 30.3 Å². The normalized spacial score (nSPS) is 29.0. The molecule has 3 nitrogen and oxygen atoms in total. The number of aldehydes is 1. The second-order valence-electron chi connectivity index (χ2n) is 7.17. The number of hydrogen-bond donors (Lipinski definition) is 0. The zero-order valence-corrected chi connectivity index (χ0v) is 15.3. The molecule has 22 heavy (non-hydrogen) atoms. The lowest BCUT2D eigenvalue weighted by Crippen LogP contribution is -2.51. The van der Waals surface area contributed by atoms with Gasteiger partial charge in [-0.2, -0.15) is 0 Å². The Morgan fingerprint density at radius 1 is 1.27 bits per heavy atom. The Balaban J connectivity index is 2.40. The van der Waals surface area contributed by atoms with Crippen LogP contribution in [0.4, 0.5) is 0 Å². The maximum atomic E-state index is 11.9. The summed E-state index contributed by atoms with van der Waals surface area (Å²) in [6.45, 7) is 9.51. The predicted octanol–water partition coefficient (Wildman–Crippen LogP) is 2.86. The fourth-order valence-electron chi connectivity index (χ4n) is 3.91. The number of carbonyl (C=O) groups excluding carboxylic acids is 1. The molecule has 1 aromatic rings. The van der Waals surface area contributed by atoms with E-state index < -0.39 is 8.07 Å². The highest BCUT2D eigenvalue weighted by atomic mass is 28.3. The van der Waals surface area contributed by atoms with E-state index in [9.17, 15) is 4.79 Å². The second kappa shape index (κ2) is 7.07. The van der Waals surface area contributed by atoms with Gasteiger partial charge in [-0.1, -0.05) is 62.5 Å². The van der Waals surface area contributed by atoms with Gasteiger partial charge in [0.05, 0.1) is 26.9 Å². The molecule has 4 heteroatoms. The third kappa shape index (κ3) is 3.19. The van der Waals surface area contributed by atoms with Gasteiger partial charge in [-0.25, -0.2) is 0 Å². The van der Waals surface area contributed by atoms with Crippen LogP contribution >= 0.6 is 0 Å². The van der Waals surface area contributed by atoms with Crippen molar-refractivity contribution in [1.29, 1.82) is 0 Å². The maximum Gasteiger partial charge on any atom is 0.125 e. The summed E-state index contributed by atoms with van der Waals surface area (Å²) < 4.78 is 11.7. The molecule has 0 N–H and O–H groups in total. The van der Waals surface area contributed by atoms with Crippen LogP contribution in [0.3, 0.4) is 0 Å². The molecule has 1 fully saturated rings. The molecule has 0 unspecified atom stereocenters. The van der Waals surface area contributed by atoms with Crippen LogP contribution in [0.25, 0.3) is 0 Å². The van der Waals surface area contributed by atoms with E-state index in [-0.39, 0.29) is 23.7 Å². The highest BCUT2D eigenvalue weighted by Crippen LogP contribution is 2.45. The Bertz CT molecular complexity index is 486. The molecule has 1 heterocycles. The number of carbonyl (C=O) groups is 1. The maximum absolute atomic E-state index is 11.9. The first-order chi connectivity index (χ1) is 10.4. The fourth-order valence-corrected chi connectivity index (χ4v) is 7.68. The fraction of sp³-hybridized carbons (Fsp3) is 0.611. The van der Waals surface area contributed by atoms with E-state index in [4.69, 9.17) is 9.47 Å². The Labute approximate surface area is 135 Å². The van der Waals surface area contributed by atoms with Gasteiger partial charge < -0.3 is 14.3 Å². The second-order valence-corrected chi connectivity index (χ2v) is 11.9. The molecule has 0 bridgehead atoms. The van der Waals surface area contributed by atoms with Gasteiger partial charge in [0.2, 0.25) is 0 Å². The average molecular weight is 321 g/mol. The van der Waals surface area contributed by atoms with Gasteiger partial charge in [0.1, 0.15) is 6.29 Å². The van der Waals surface area contributed by atoms with Crippen LogP contribution in [0.15, 0.2) is 30.3 Å². The van der Waals surface area contributed by atoms with E-state index >= 15 is 0 Å². The van der Waals surface area contributed by atoms with Crippen molar-refractivity contribution in [2.45, 2.75) is 44.7 Å². The van der Waals surface area contributed by atoms with Crippen molar-refractivity contribution in [1.82, 2.24) is 0 Å². The minimum atomic E-state index is -1.85. The molecule has 122 valence electrons. The van der Waals surface area contributed by atoms with Crippen molar-refractivity contribution in [3.63, 3.8) is 0 Å². The van der Waals surface area contributed by atoms with Crippen LogP contribution in [0.5, 0.6) is 0 Å². The summed E-state index contributed by atoms with van der Waals surface area (Å²) in [5, 5.41) is 1.38. The van der Waals surface area contributed by atoms with Crippen LogP contribution < -0.4 is 5.19 Å². The van der Waals surface area contributed by atoms with E-state index in [1.165, 1.54) is 5.19 Å². The van der Waals surface area contributed by atoms with Gasteiger partial charge in [-0.15, -0.1) is 0 Å². The number of methoxy groups -OCH3 is 1. The number of ether oxygens (including phenoxy) is 2. The first kappa shape index (κ1) is 17.4. The van der Waals surface area contributed by atoms with Crippen LogP contribution in [-0.2, 0) is 14.3 Å². The minimum absolute atomic E-state index is 0.00172. The summed E-state index contributed by atoms with van der Waals surface area (Å²) >= 11 is 0. The third-order valence-corrected chi connectivity index (χ3v) is 9.27. The van der Waals surface area contributed by atoms with Crippen LogP contribution in [0, 0.1) is 11.8 Å². The molecule has 0 saturated carbocycles. The average Bonchev–Trinajstić information content (AvgIpc) is 2.88. The van der Waals surface area contributed by atoms with Gasteiger partial charge in [-0.3, -0.25) is 0 Å². The van der Waals surface area contributed by atoms with Gasteiger partial charge in [0, 0.05) is 13.0 Å². The van der Waals surface area contributed by atoms with Crippen molar-refractivity contribution in [2.75, 3.05) is 13.7 Å². The smallest absolute Gasteiger partial charge is 0.125 e. The summed E-state index contributed by atoms with van der Waals surface area (Å²) in [7, 11) is -0.150. The highest BCUT2D eigenvalue weighted by molar-refractivity contribution is 6.91. The molecule has 1 aliphatic heterocycles. The summed E-state index contributed by atoms with van der Waals surface area (Å²) in [5.74, 6) is 0.294. The SMILES string of the molecule is COC[C@H]1O[C@@H](C(C)C)[C@@H](C=O)[C@@H]1[Si](C)(C)c1ccccc1. The molecule has 0 radical (unpaired) electrons. The van der Waals surface area contributed by atoms with Crippen molar-refractivity contribution >= 4 is 19.5 Å². The van der Waals surface area contributed by atoms with E-state index in [2.05, 4.69) is 51.2 Å². The zero-order valence-electron chi connectivity index (χ0n) is 14.3. The molecule has 1 aromatic carbocycles. The Morgan fingerprint density at radius 3 is 2.41 bits per heavy atom. The van der Waals surface area contributed by atoms with E-state index in [0.29, 0.717) is 12.5 Å². The molecule has 0 amide bonds. The van der Waals surface area contributed by atoms with Gasteiger partial charge in [0.15, 0.2) is 0 Å². The summed E-state index contributed by atoms with van der Waals surface area (Å²) in [6, 6.07) is 10.6. The first-order valence-electron chi connectivity index (χ1n) is 8.08. The molecular weight excluding hydrogens is 292 g/mol. The highest BCUT2D eigenvalue weighted by Gasteiger charge is 2.53. The molecule has 0 aliphatic carbocycles. The first-order valence-corrected chi connectivity index (χ1v) is 11.2. The third-order valence-electron chi connectivity index (χ3n) is 5.02. The lowest BCUT2D eigenvalue weighted by molar-refractivity contribution is -0.113. The lowest BCUT2D eigenvalue weighted by atomic mass is 9.93. The summed E-state index contributed by atoms with van der Waals surface area (Å²) in [6.07, 6.45) is 1.13. The van der Waals surface area contributed by atoms with Crippen molar-refractivity contribution in [2.24, 2.45) is 11.8 Å². The molecular formula is C18H28O3Si. The lowest BCUT2D eigenvalue weighted by Gasteiger charge is -2.35. The molecule has 4 atom stereocenters. The van der Waals surface area contributed by atoms with E-state index in [1.54, 1.807) is 7.11 Å². The Morgan fingerprint density at radius 2 is 1.91 bits per heavy atom. The van der Waals surface area contributed by atoms with Crippen LogP contribution in [0.2, 0.25) is 18.6 Å². The number of hydrogen-bond acceptors (Lipinski definition) is 3. The van der Waals surface area contributed by atoms with E-state index in [0.717, 1.165) is 6.29 Å². The predicted molar refractivity (Wildman–Crippen MR) is 92.2 cm³/mol. The molecule has 0 spiro atoms. The topological polar surface area (TPSA) is 35.5 Å².